The van der Waals surface area contributed by atoms with Gasteiger partial charge >= 0.3 is 5.97 Å². The van der Waals surface area contributed by atoms with Crippen LogP contribution in [0.1, 0.15) is 29.9 Å². The van der Waals surface area contributed by atoms with E-state index in [1.807, 2.05) is 30.5 Å². The maximum Gasteiger partial charge on any atom is 0.338 e. The van der Waals surface area contributed by atoms with Crippen LogP contribution in [0.2, 0.25) is 0 Å². The molecule has 2 N–H and O–H groups in total. The van der Waals surface area contributed by atoms with Crippen molar-refractivity contribution in [3.8, 4) is 16.8 Å². The minimum Gasteiger partial charge on any atom is -0.478 e. The summed E-state index contributed by atoms with van der Waals surface area (Å²) in [7, 11) is 1.61. The lowest BCUT2D eigenvalue weighted by Gasteiger charge is -2.28. The number of aromatic amines is 1. The highest BCUT2D eigenvalue weighted by Gasteiger charge is 2.32. The van der Waals surface area contributed by atoms with Crippen molar-refractivity contribution in [2.45, 2.75) is 19.3 Å². The predicted molar refractivity (Wildman–Crippen MR) is 130 cm³/mol. The van der Waals surface area contributed by atoms with E-state index in [-0.39, 0.29) is 5.82 Å². The number of rotatable bonds is 6. The number of carboxylic acids is 1. The van der Waals surface area contributed by atoms with Gasteiger partial charge in [0.1, 0.15) is 11.6 Å². The number of benzene rings is 3. The molecule has 0 saturated carbocycles. The Balaban J connectivity index is 1.95. The monoisotopic (exact) mass is 475 g/mol. The maximum absolute atomic E-state index is 14.9. The third-order valence-electron chi connectivity index (χ3n) is 6.25. The van der Waals surface area contributed by atoms with Gasteiger partial charge in [0.15, 0.2) is 0 Å². The second kappa shape index (κ2) is 8.32. The molecule has 0 aliphatic carbocycles. The lowest BCUT2D eigenvalue weighted by atomic mass is 9.84. The van der Waals surface area contributed by atoms with Gasteiger partial charge in [-0.2, -0.15) is 5.10 Å². The quantitative estimate of drug-likeness (QED) is 0.312. The summed E-state index contributed by atoms with van der Waals surface area (Å²) in [6.45, 7) is 4.39. The van der Waals surface area contributed by atoms with E-state index in [2.05, 4.69) is 10.2 Å². The number of nitrogens with one attached hydrogen (secondary N) is 1. The first-order valence-corrected chi connectivity index (χ1v) is 11.0. The number of halogens is 2. The minimum atomic E-state index is -1.33. The second-order valence-corrected chi connectivity index (χ2v) is 9.18. The molecular weight excluding hydrogens is 452 g/mol. The van der Waals surface area contributed by atoms with Gasteiger partial charge in [-0.1, -0.05) is 19.9 Å². The van der Waals surface area contributed by atoms with E-state index in [1.165, 1.54) is 24.3 Å². The van der Waals surface area contributed by atoms with Gasteiger partial charge in [-0.15, -0.1) is 0 Å². The zero-order valence-electron chi connectivity index (χ0n) is 19.4. The van der Waals surface area contributed by atoms with Crippen molar-refractivity contribution in [2.24, 2.45) is 0 Å². The third-order valence-corrected chi connectivity index (χ3v) is 6.25. The summed E-state index contributed by atoms with van der Waals surface area (Å²) < 4.78 is 36.3. The first kappa shape index (κ1) is 22.7. The predicted octanol–water partition coefficient (Wildman–Crippen LogP) is 6.07. The van der Waals surface area contributed by atoms with Crippen LogP contribution in [-0.4, -0.2) is 39.6 Å². The number of methoxy groups -OCH3 is 1. The van der Waals surface area contributed by atoms with Crippen LogP contribution in [0.25, 0.3) is 38.6 Å². The Hall–Kier alpha value is -4.04. The van der Waals surface area contributed by atoms with E-state index in [1.54, 1.807) is 31.5 Å². The highest BCUT2D eigenvalue weighted by molar-refractivity contribution is 6.06. The van der Waals surface area contributed by atoms with Gasteiger partial charge < -0.3 is 14.4 Å². The fourth-order valence-electron chi connectivity index (χ4n) is 4.79. The van der Waals surface area contributed by atoms with E-state index in [0.717, 1.165) is 38.8 Å². The fraction of sp³-hybridized carbons (Fsp3) is 0.185. The van der Waals surface area contributed by atoms with Crippen molar-refractivity contribution < 1.29 is 23.4 Å². The minimum absolute atomic E-state index is 0.354. The first-order chi connectivity index (χ1) is 16.7. The van der Waals surface area contributed by atoms with E-state index < -0.39 is 22.8 Å². The molecule has 178 valence electrons. The Bertz CT molecular complexity index is 1580. The number of hydrogen-bond donors (Lipinski definition) is 2. The van der Waals surface area contributed by atoms with Crippen molar-refractivity contribution >= 4 is 27.8 Å². The maximum atomic E-state index is 14.9. The number of nitrogens with zero attached hydrogens (tertiary/aromatic N) is 2. The average molecular weight is 475 g/mol. The number of carboxylic acid groups (broad SMARTS) is 1. The summed E-state index contributed by atoms with van der Waals surface area (Å²) >= 11 is 0. The molecule has 2 heterocycles. The molecule has 5 rings (SSSR count). The molecule has 3 aromatic carbocycles. The Morgan fingerprint density at radius 1 is 1.11 bits per heavy atom. The Morgan fingerprint density at radius 2 is 1.86 bits per heavy atom. The molecule has 0 fully saturated rings. The summed E-state index contributed by atoms with van der Waals surface area (Å²) in [5.41, 5.74) is 3.47. The second-order valence-electron chi connectivity index (χ2n) is 9.18. The number of carbonyl (C=O) groups is 1. The average Bonchev–Trinajstić information content (AvgIpc) is 3.40. The zero-order valence-corrected chi connectivity index (χ0v) is 19.4. The molecule has 0 unspecified atom stereocenters. The Morgan fingerprint density at radius 3 is 2.51 bits per heavy atom. The molecule has 8 heteroatoms. The molecule has 0 saturated heterocycles. The SMILES string of the molecule is COCC(C)(C)c1c(-c2ccc(C(=O)O)c(F)c2)c2cc3[nH]ncc3cc2n1-c1ccc(F)cc1. The summed E-state index contributed by atoms with van der Waals surface area (Å²) in [6.07, 6.45) is 1.72. The van der Waals surface area contributed by atoms with Crippen LogP contribution in [0.3, 0.4) is 0 Å². The van der Waals surface area contributed by atoms with E-state index in [4.69, 9.17) is 4.74 Å². The van der Waals surface area contributed by atoms with Gasteiger partial charge in [-0.05, 0) is 54.1 Å². The number of fused-ring (bicyclic) bond motifs is 2. The number of H-pyrrole nitrogens is 1. The molecule has 0 spiro atoms. The van der Waals surface area contributed by atoms with Gasteiger partial charge in [0.05, 0.1) is 29.4 Å². The molecule has 5 aromatic rings. The van der Waals surface area contributed by atoms with Gasteiger partial charge in [0, 0.05) is 40.2 Å². The first-order valence-electron chi connectivity index (χ1n) is 11.0. The number of aromatic carboxylic acids is 1. The summed E-state index contributed by atoms with van der Waals surface area (Å²) in [4.78, 5) is 11.4. The molecule has 0 bridgehead atoms. The van der Waals surface area contributed by atoms with Crippen molar-refractivity contribution in [1.29, 1.82) is 0 Å². The van der Waals surface area contributed by atoms with Crippen molar-refractivity contribution in [1.82, 2.24) is 14.8 Å². The normalized spacial score (nSPS) is 12.0. The van der Waals surface area contributed by atoms with Gasteiger partial charge in [0.2, 0.25) is 0 Å². The van der Waals surface area contributed by atoms with Crippen LogP contribution >= 0.6 is 0 Å². The molecule has 0 aliphatic heterocycles. The molecule has 0 amide bonds. The Kier molecular flexibility index (Phi) is 5.40. The summed E-state index contributed by atoms with van der Waals surface area (Å²) in [5.74, 6) is -2.51. The van der Waals surface area contributed by atoms with Crippen molar-refractivity contribution in [3.63, 3.8) is 0 Å². The standard InChI is InChI=1S/C27H23F2N3O3/c1-27(2,14-35-3)25-24(15-4-9-19(26(33)34)21(29)10-15)20-12-22-16(13-30-31-22)11-23(20)32(25)18-7-5-17(28)6-8-18/h4-13H,14H2,1-3H3,(H,30,31)(H,33,34). The van der Waals surface area contributed by atoms with Crippen LogP contribution in [-0.2, 0) is 10.2 Å². The number of hydrogen-bond acceptors (Lipinski definition) is 3. The molecule has 0 aliphatic rings. The topological polar surface area (TPSA) is 80.1 Å². The molecule has 2 aromatic heterocycles. The van der Waals surface area contributed by atoms with E-state index in [0.29, 0.717) is 12.2 Å². The van der Waals surface area contributed by atoms with Gasteiger partial charge in [-0.25, -0.2) is 13.6 Å². The summed E-state index contributed by atoms with van der Waals surface area (Å²) in [6, 6.07) is 14.2. The van der Waals surface area contributed by atoms with E-state index in [9.17, 15) is 18.7 Å². The molecule has 6 nitrogen and oxygen atoms in total. The lowest BCUT2D eigenvalue weighted by Crippen LogP contribution is -2.27. The molecule has 0 radical (unpaired) electrons. The Labute approximate surface area is 199 Å². The molecule has 0 atom stereocenters. The number of ether oxygens (including phenoxy) is 1. The highest BCUT2D eigenvalue weighted by Crippen LogP contribution is 2.44. The lowest BCUT2D eigenvalue weighted by molar-refractivity contribution is 0.0692. The van der Waals surface area contributed by atoms with E-state index >= 15 is 0 Å². The van der Waals surface area contributed by atoms with Gasteiger partial charge in [0.25, 0.3) is 0 Å². The third kappa shape index (κ3) is 3.76. The molecular formula is C27H23F2N3O3. The number of aromatic nitrogens is 3. The van der Waals surface area contributed by atoms with Crippen LogP contribution in [0.4, 0.5) is 8.78 Å². The van der Waals surface area contributed by atoms with Crippen molar-refractivity contribution in [3.05, 3.63) is 83.7 Å². The van der Waals surface area contributed by atoms with Gasteiger partial charge in [-0.3, -0.25) is 5.10 Å². The highest BCUT2D eigenvalue weighted by atomic mass is 19.1. The smallest absolute Gasteiger partial charge is 0.338 e. The fourth-order valence-corrected chi connectivity index (χ4v) is 4.79. The molecule has 35 heavy (non-hydrogen) atoms. The van der Waals surface area contributed by atoms with Crippen LogP contribution in [0.15, 0.2) is 60.8 Å². The van der Waals surface area contributed by atoms with Crippen molar-refractivity contribution in [2.75, 3.05) is 13.7 Å². The van der Waals surface area contributed by atoms with Crippen LogP contribution in [0, 0.1) is 11.6 Å². The van der Waals surface area contributed by atoms with Crippen LogP contribution in [0.5, 0.6) is 0 Å². The van der Waals surface area contributed by atoms with Crippen LogP contribution < -0.4 is 0 Å². The summed E-state index contributed by atoms with van der Waals surface area (Å²) in [5, 5.41) is 18.1. The zero-order chi connectivity index (χ0) is 24.9. The largest absolute Gasteiger partial charge is 0.478 e.